The van der Waals surface area contributed by atoms with Gasteiger partial charge in [0.15, 0.2) is 0 Å². The number of aryl methyl sites for hydroxylation is 1. The van der Waals surface area contributed by atoms with E-state index in [-0.39, 0.29) is 12.5 Å². The van der Waals surface area contributed by atoms with Gasteiger partial charge in [0, 0.05) is 38.3 Å². The molecule has 25 heavy (non-hydrogen) atoms. The number of anilines is 1. The first-order valence-corrected chi connectivity index (χ1v) is 8.96. The predicted molar refractivity (Wildman–Crippen MR) is 100 cm³/mol. The van der Waals surface area contributed by atoms with Crippen LogP contribution >= 0.6 is 0 Å². The molecule has 0 saturated heterocycles. The summed E-state index contributed by atoms with van der Waals surface area (Å²) in [4.78, 5) is 13.6. The molecular weight excluding hydrogens is 312 g/mol. The van der Waals surface area contributed by atoms with Crippen molar-refractivity contribution in [1.82, 2.24) is 4.90 Å². The molecule has 0 fully saturated rings. The summed E-state index contributed by atoms with van der Waals surface area (Å²) in [5.74, 6) is -0.0557. The van der Waals surface area contributed by atoms with Gasteiger partial charge in [-0.2, -0.15) is 0 Å². The van der Waals surface area contributed by atoms with Gasteiger partial charge in [0.1, 0.15) is 0 Å². The van der Waals surface area contributed by atoms with E-state index in [1.165, 1.54) is 23.6 Å². The van der Waals surface area contributed by atoms with Gasteiger partial charge in [-0.3, -0.25) is 9.69 Å². The minimum absolute atomic E-state index is 0.0557. The Kier molecular flexibility index (Phi) is 5.84. The molecule has 1 atom stereocenters. The number of carbonyl (C=O) groups excluding carboxylic acids is 1. The Bertz CT molecular complexity index is 712. The Morgan fingerprint density at radius 3 is 2.68 bits per heavy atom. The van der Waals surface area contributed by atoms with Crippen LogP contribution in [0.15, 0.2) is 48.5 Å². The van der Waals surface area contributed by atoms with Crippen molar-refractivity contribution in [3.8, 4) is 0 Å². The average Bonchev–Trinajstić information content (AvgIpc) is 3.04. The Morgan fingerprint density at radius 2 is 1.96 bits per heavy atom. The normalized spacial score (nSPS) is 16.0. The number of nitrogens with one attached hydrogen (secondary N) is 1. The molecule has 1 unspecified atom stereocenters. The fourth-order valence-electron chi connectivity index (χ4n) is 3.66. The zero-order valence-corrected chi connectivity index (χ0v) is 14.7. The third-order valence-electron chi connectivity index (χ3n) is 4.81. The molecule has 0 bridgehead atoms. The first kappa shape index (κ1) is 17.6. The van der Waals surface area contributed by atoms with Gasteiger partial charge in [-0.25, -0.2) is 0 Å². The van der Waals surface area contributed by atoms with Gasteiger partial charge in [0.05, 0.1) is 0 Å². The third kappa shape index (κ3) is 4.47. The molecule has 0 aromatic heterocycles. The number of aliphatic hydroxyl groups excluding tert-OH is 1. The largest absolute Gasteiger partial charge is 0.396 e. The minimum Gasteiger partial charge on any atom is -0.396 e. The number of hydrogen-bond donors (Lipinski definition) is 2. The Labute approximate surface area is 149 Å². The van der Waals surface area contributed by atoms with Gasteiger partial charge in [-0.05, 0) is 48.1 Å². The Hall–Kier alpha value is -2.17. The minimum atomic E-state index is -0.0557. The summed E-state index contributed by atoms with van der Waals surface area (Å²) in [5.41, 5.74) is 4.92. The van der Waals surface area contributed by atoms with Crippen LogP contribution in [0.4, 0.5) is 5.69 Å². The molecule has 1 aliphatic carbocycles. The van der Waals surface area contributed by atoms with Gasteiger partial charge in [-0.15, -0.1) is 0 Å². The molecule has 2 aromatic rings. The summed E-state index contributed by atoms with van der Waals surface area (Å²) in [6, 6.07) is 17.1. The van der Waals surface area contributed by atoms with Gasteiger partial charge < -0.3 is 10.4 Å². The van der Waals surface area contributed by atoms with E-state index >= 15 is 0 Å². The van der Waals surface area contributed by atoms with E-state index in [4.69, 9.17) is 0 Å². The molecule has 0 aliphatic heterocycles. The summed E-state index contributed by atoms with van der Waals surface area (Å²) in [7, 11) is 0. The Balaban J connectivity index is 1.74. The number of fused-ring (bicyclic) bond motifs is 1. The molecule has 0 spiro atoms. The van der Waals surface area contributed by atoms with Crippen LogP contribution in [0.1, 0.15) is 42.5 Å². The molecule has 4 heteroatoms. The van der Waals surface area contributed by atoms with Crippen molar-refractivity contribution < 1.29 is 9.90 Å². The quantitative estimate of drug-likeness (QED) is 0.812. The van der Waals surface area contributed by atoms with Crippen LogP contribution in [0.3, 0.4) is 0 Å². The molecule has 1 amide bonds. The third-order valence-corrected chi connectivity index (χ3v) is 4.81. The van der Waals surface area contributed by atoms with Crippen molar-refractivity contribution in [3.63, 3.8) is 0 Å². The smallest absolute Gasteiger partial charge is 0.221 e. The summed E-state index contributed by atoms with van der Waals surface area (Å²) >= 11 is 0. The average molecular weight is 338 g/mol. The monoisotopic (exact) mass is 338 g/mol. The fraction of sp³-hybridized carbons (Fsp3) is 0.381. The van der Waals surface area contributed by atoms with Crippen LogP contribution in [0.2, 0.25) is 0 Å². The van der Waals surface area contributed by atoms with Gasteiger partial charge >= 0.3 is 0 Å². The number of amides is 1. The number of nitrogens with zero attached hydrogens (tertiary/aromatic N) is 1. The molecule has 4 nitrogen and oxygen atoms in total. The molecule has 0 saturated carbocycles. The zero-order chi connectivity index (χ0) is 17.6. The van der Waals surface area contributed by atoms with Crippen molar-refractivity contribution in [2.24, 2.45) is 0 Å². The maximum Gasteiger partial charge on any atom is 0.221 e. The standard InChI is InChI=1S/C21H26N2O2/c1-16(25)22-19-10-7-17(8-11-19)15-23(13-4-14-24)21-12-9-18-5-2-3-6-20(18)21/h2-3,5-8,10-11,21,24H,4,9,12-15H2,1H3,(H,22,25). The van der Waals surface area contributed by atoms with Gasteiger partial charge in [0.2, 0.25) is 5.91 Å². The van der Waals surface area contributed by atoms with Crippen LogP contribution < -0.4 is 5.32 Å². The lowest BCUT2D eigenvalue weighted by Gasteiger charge is -2.29. The number of hydrogen-bond acceptors (Lipinski definition) is 3. The SMILES string of the molecule is CC(=O)Nc1ccc(CN(CCCO)C2CCc3ccccc32)cc1. The second-order valence-corrected chi connectivity index (χ2v) is 6.68. The van der Waals surface area contributed by atoms with Crippen LogP contribution in [0.25, 0.3) is 0 Å². The maximum atomic E-state index is 11.1. The highest BCUT2D eigenvalue weighted by Crippen LogP contribution is 2.36. The predicted octanol–water partition coefficient (Wildman–Crippen LogP) is 3.52. The lowest BCUT2D eigenvalue weighted by atomic mass is 10.1. The van der Waals surface area contributed by atoms with E-state index in [0.717, 1.165) is 38.0 Å². The summed E-state index contributed by atoms with van der Waals surface area (Å²) in [6.07, 6.45) is 3.04. The highest BCUT2D eigenvalue weighted by Gasteiger charge is 2.27. The van der Waals surface area contributed by atoms with Crippen molar-refractivity contribution in [1.29, 1.82) is 0 Å². The molecule has 0 radical (unpaired) electrons. The molecule has 2 N–H and O–H groups in total. The van der Waals surface area contributed by atoms with E-state index in [0.29, 0.717) is 6.04 Å². The van der Waals surface area contributed by atoms with Gasteiger partial charge in [-0.1, -0.05) is 36.4 Å². The molecule has 132 valence electrons. The van der Waals surface area contributed by atoms with E-state index in [1.807, 2.05) is 12.1 Å². The second-order valence-electron chi connectivity index (χ2n) is 6.68. The number of rotatable bonds is 7. The van der Waals surface area contributed by atoms with Crippen molar-refractivity contribution in [2.75, 3.05) is 18.5 Å². The van der Waals surface area contributed by atoms with Crippen molar-refractivity contribution in [2.45, 2.75) is 38.8 Å². The van der Waals surface area contributed by atoms with Crippen LogP contribution in [-0.4, -0.2) is 29.1 Å². The van der Waals surface area contributed by atoms with E-state index in [1.54, 1.807) is 0 Å². The van der Waals surface area contributed by atoms with Crippen molar-refractivity contribution in [3.05, 3.63) is 65.2 Å². The number of carbonyl (C=O) groups is 1. The highest BCUT2D eigenvalue weighted by molar-refractivity contribution is 5.88. The topological polar surface area (TPSA) is 52.6 Å². The second kappa shape index (κ2) is 8.28. The highest BCUT2D eigenvalue weighted by atomic mass is 16.3. The van der Waals surface area contributed by atoms with E-state index in [9.17, 15) is 9.90 Å². The summed E-state index contributed by atoms with van der Waals surface area (Å²) in [6.45, 7) is 3.46. The Morgan fingerprint density at radius 1 is 1.20 bits per heavy atom. The summed E-state index contributed by atoms with van der Waals surface area (Å²) in [5, 5.41) is 12.1. The van der Waals surface area contributed by atoms with Crippen molar-refractivity contribution >= 4 is 11.6 Å². The van der Waals surface area contributed by atoms with E-state index in [2.05, 4.69) is 46.6 Å². The lowest BCUT2D eigenvalue weighted by molar-refractivity contribution is -0.114. The van der Waals surface area contributed by atoms with Gasteiger partial charge in [0.25, 0.3) is 0 Å². The lowest BCUT2D eigenvalue weighted by Crippen LogP contribution is -2.28. The molecule has 0 heterocycles. The van der Waals surface area contributed by atoms with Crippen LogP contribution in [-0.2, 0) is 17.8 Å². The first-order chi connectivity index (χ1) is 12.2. The summed E-state index contributed by atoms with van der Waals surface area (Å²) < 4.78 is 0. The molecular formula is C21H26N2O2. The van der Waals surface area contributed by atoms with E-state index < -0.39 is 0 Å². The number of aliphatic hydroxyl groups is 1. The first-order valence-electron chi connectivity index (χ1n) is 8.96. The zero-order valence-electron chi connectivity index (χ0n) is 14.7. The maximum absolute atomic E-state index is 11.1. The number of benzene rings is 2. The van der Waals surface area contributed by atoms with Crippen LogP contribution in [0, 0.1) is 0 Å². The molecule has 3 rings (SSSR count). The molecule has 1 aliphatic rings. The van der Waals surface area contributed by atoms with Crippen LogP contribution in [0.5, 0.6) is 0 Å². The fourth-order valence-corrected chi connectivity index (χ4v) is 3.66. The molecule has 2 aromatic carbocycles.